The fourth-order valence-electron chi connectivity index (χ4n) is 3.27. The van der Waals surface area contributed by atoms with E-state index in [4.69, 9.17) is 9.97 Å². The summed E-state index contributed by atoms with van der Waals surface area (Å²) in [5.41, 5.74) is 3.96. The average Bonchev–Trinajstić information content (AvgIpc) is 2.60. The summed E-state index contributed by atoms with van der Waals surface area (Å²) in [5.74, 6) is 2.17. The number of fused-ring (bicyclic) bond motifs is 1. The Hall–Kier alpha value is -2.10. The molecule has 2 aromatic rings. The Kier molecular flexibility index (Phi) is 5.26. The molecule has 0 bridgehead atoms. The highest BCUT2D eigenvalue weighted by molar-refractivity contribution is 5.50. The summed E-state index contributed by atoms with van der Waals surface area (Å²) in [7, 11) is 0. The van der Waals surface area contributed by atoms with Gasteiger partial charge in [0.15, 0.2) is 0 Å². The quantitative estimate of drug-likeness (QED) is 0.853. The van der Waals surface area contributed by atoms with Crippen LogP contribution in [0.25, 0.3) is 0 Å². The molecule has 25 heavy (non-hydrogen) atoms. The highest BCUT2D eigenvalue weighted by atomic mass is 15.3. The lowest BCUT2D eigenvalue weighted by Crippen LogP contribution is -2.39. The van der Waals surface area contributed by atoms with Crippen molar-refractivity contribution in [2.75, 3.05) is 10.2 Å². The average molecular weight is 338 g/mol. The molecule has 0 saturated heterocycles. The zero-order chi connectivity index (χ0) is 18.0. The number of hydrogen-bond acceptors (Lipinski definition) is 4. The van der Waals surface area contributed by atoms with Gasteiger partial charge in [-0.3, -0.25) is 0 Å². The third-order valence-corrected chi connectivity index (χ3v) is 5.11. The fraction of sp³-hybridized carbons (Fsp3) is 0.524. The fourth-order valence-corrected chi connectivity index (χ4v) is 3.27. The van der Waals surface area contributed by atoms with Gasteiger partial charge in [0.05, 0.1) is 5.69 Å². The van der Waals surface area contributed by atoms with Crippen LogP contribution in [0.1, 0.15) is 63.8 Å². The van der Waals surface area contributed by atoms with Crippen LogP contribution < -0.4 is 10.2 Å². The van der Waals surface area contributed by atoms with Crippen LogP contribution in [-0.2, 0) is 13.0 Å². The molecule has 4 nitrogen and oxygen atoms in total. The predicted octanol–water partition coefficient (Wildman–Crippen LogP) is 4.76. The highest BCUT2D eigenvalue weighted by Gasteiger charge is 2.25. The molecule has 2 heterocycles. The molecule has 1 aromatic heterocycles. The van der Waals surface area contributed by atoms with Gasteiger partial charge in [0.25, 0.3) is 0 Å². The van der Waals surface area contributed by atoms with E-state index in [0.29, 0.717) is 18.0 Å². The summed E-state index contributed by atoms with van der Waals surface area (Å²) in [6.45, 7) is 11.9. The second-order valence-electron chi connectivity index (χ2n) is 7.53. The van der Waals surface area contributed by atoms with Crippen LogP contribution in [0.15, 0.2) is 30.3 Å². The van der Waals surface area contributed by atoms with E-state index < -0.39 is 0 Å². The van der Waals surface area contributed by atoms with Crippen molar-refractivity contribution in [2.45, 2.75) is 72.0 Å². The molecule has 0 aliphatic carbocycles. The summed E-state index contributed by atoms with van der Waals surface area (Å²) in [6.07, 6.45) is 2.11. The molecule has 0 amide bonds. The molecular weight excluding hydrogens is 308 g/mol. The smallest absolute Gasteiger partial charge is 0.225 e. The molecule has 0 unspecified atom stereocenters. The minimum atomic E-state index is 0.370. The van der Waals surface area contributed by atoms with Gasteiger partial charge in [0, 0.05) is 24.7 Å². The second kappa shape index (κ2) is 7.42. The Labute approximate surface area is 151 Å². The zero-order valence-electron chi connectivity index (χ0n) is 16.1. The van der Waals surface area contributed by atoms with Crippen LogP contribution in [0.5, 0.6) is 0 Å². The topological polar surface area (TPSA) is 41.1 Å². The van der Waals surface area contributed by atoms with Gasteiger partial charge in [0.1, 0.15) is 5.82 Å². The largest absolute Gasteiger partial charge is 0.352 e. The van der Waals surface area contributed by atoms with Crippen molar-refractivity contribution >= 4 is 11.8 Å². The van der Waals surface area contributed by atoms with Crippen molar-refractivity contribution in [2.24, 2.45) is 0 Å². The van der Waals surface area contributed by atoms with Gasteiger partial charge in [-0.1, -0.05) is 45.0 Å². The van der Waals surface area contributed by atoms with Crippen LogP contribution >= 0.6 is 0 Å². The third kappa shape index (κ3) is 3.94. The summed E-state index contributed by atoms with van der Waals surface area (Å²) in [5, 5.41) is 3.45. The Balaban J connectivity index is 1.95. The van der Waals surface area contributed by atoms with Crippen LogP contribution in [0.2, 0.25) is 0 Å². The van der Waals surface area contributed by atoms with E-state index >= 15 is 0 Å². The van der Waals surface area contributed by atoms with Crippen molar-refractivity contribution in [1.29, 1.82) is 0 Å². The maximum absolute atomic E-state index is 4.85. The maximum atomic E-state index is 4.85. The molecule has 2 atom stereocenters. The molecule has 1 aliphatic heterocycles. The van der Waals surface area contributed by atoms with E-state index in [1.807, 2.05) is 0 Å². The molecule has 0 fully saturated rings. The van der Waals surface area contributed by atoms with Crippen LogP contribution in [0.4, 0.5) is 11.8 Å². The molecule has 1 N–H and O–H groups in total. The first-order valence-electron chi connectivity index (χ1n) is 9.46. The molecule has 4 heteroatoms. The highest BCUT2D eigenvalue weighted by Crippen LogP contribution is 2.29. The first kappa shape index (κ1) is 17.7. The summed E-state index contributed by atoms with van der Waals surface area (Å²) >= 11 is 0. The first-order chi connectivity index (χ1) is 12.0. The predicted molar refractivity (Wildman–Crippen MR) is 105 cm³/mol. The number of hydrogen-bond donors (Lipinski definition) is 1. The molecule has 0 spiro atoms. The second-order valence-corrected chi connectivity index (χ2v) is 7.53. The SMILES string of the molecule is CC[C@@H](C)Nc1nc(C(C)C)cc(N2Cc3ccccc3C[C@H]2C)n1. The maximum Gasteiger partial charge on any atom is 0.225 e. The van der Waals surface area contributed by atoms with Gasteiger partial charge >= 0.3 is 0 Å². The minimum Gasteiger partial charge on any atom is -0.352 e. The molecular formula is C21H30N4. The number of benzene rings is 1. The van der Waals surface area contributed by atoms with Crippen LogP contribution in [0, 0.1) is 0 Å². The standard InChI is InChI=1S/C21H30N4/c1-6-15(4)22-21-23-19(14(2)3)12-20(24-21)25-13-18-10-8-7-9-17(18)11-16(25)5/h7-10,12,14-16H,6,11,13H2,1-5H3,(H,22,23,24)/t15-,16-/m1/s1. The van der Waals surface area contributed by atoms with Crippen molar-refractivity contribution < 1.29 is 0 Å². The summed E-state index contributed by atoms with van der Waals surface area (Å²) < 4.78 is 0. The Morgan fingerprint density at radius 3 is 2.56 bits per heavy atom. The van der Waals surface area contributed by atoms with Crippen molar-refractivity contribution in [3.63, 3.8) is 0 Å². The van der Waals surface area contributed by atoms with Gasteiger partial charge in [-0.05, 0) is 43.7 Å². The van der Waals surface area contributed by atoms with Crippen molar-refractivity contribution in [3.05, 3.63) is 47.2 Å². The van der Waals surface area contributed by atoms with Crippen LogP contribution in [0.3, 0.4) is 0 Å². The number of aromatic nitrogens is 2. The van der Waals surface area contributed by atoms with E-state index in [2.05, 4.69) is 75.2 Å². The van der Waals surface area contributed by atoms with Crippen molar-refractivity contribution in [1.82, 2.24) is 9.97 Å². The van der Waals surface area contributed by atoms with Crippen LogP contribution in [-0.4, -0.2) is 22.1 Å². The first-order valence-corrected chi connectivity index (χ1v) is 9.46. The minimum absolute atomic E-state index is 0.370. The summed E-state index contributed by atoms with van der Waals surface area (Å²) in [4.78, 5) is 12.0. The number of rotatable bonds is 5. The third-order valence-electron chi connectivity index (χ3n) is 5.11. The van der Waals surface area contributed by atoms with E-state index in [1.54, 1.807) is 0 Å². The van der Waals surface area contributed by atoms with Crippen molar-refractivity contribution in [3.8, 4) is 0 Å². The number of nitrogens with one attached hydrogen (secondary N) is 1. The normalized spacial score (nSPS) is 18.2. The number of anilines is 2. The van der Waals surface area contributed by atoms with Gasteiger partial charge < -0.3 is 10.2 Å². The molecule has 1 aliphatic rings. The summed E-state index contributed by atoms with van der Waals surface area (Å²) in [6, 6.07) is 11.7. The number of nitrogens with zero attached hydrogens (tertiary/aromatic N) is 3. The van der Waals surface area contributed by atoms with E-state index in [0.717, 1.165) is 36.8 Å². The lowest BCUT2D eigenvalue weighted by Gasteiger charge is -2.36. The van der Waals surface area contributed by atoms with E-state index in [9.17, 15) is 0 Å². The zero-order valence-corrected chi connectivity index (χ0v) is 16.1. The van der Waals surface area contributed by atoms with Gasteiger partial charge in [-0.25, -0.2) is 4.98 Å². The molecule has 0 radical (unpaired) electrons. The molecule has 134 valence electrons. The lowest BCUT2D eigenvalue weighted by atomic mass is 9.95. The van der Waals surface area contributed by atoms with E-state index in [-0.39, 0.29) is 0 Å². The van der Waals surface area contributed by atoms with Gasteiger partial charge in [-0.15, -0.1) is 0 Å². The Morgan fingerprint density at radius 1 is 1.16 bits per heavy atom. The lowest BCUT2D eigenvalue weighted by molar-refractivity contribution is 0.585. The molecule has 3 rings (SSSR count). The monoisotopic (exact) mass is 338 g/mol. The van der Waals surface area contributed by atoms with Gasteiger partial charge in [-0.2, -0.15) is 4.98 Å². The Bertz CT molecular complexity index is 726. The Morgan fingerprint density at radius 2 is 1.88 bits per heavy atom. The van der Waals surface area contributed by atoms with E-state index in [1.165, 1.54) is 11.1 Å². The van der Waals surface area contributed by atoms with Gasteiger partial charge in [0.2, 0.25) is 5.95 Å². The molecule has 0 saturated carbocycles. The molecule has 1 aromatic carbocycles.